The predicted molar refractivity (Wildman–Crippen MR) is 83.0 cm³/mol. The number of esters is 1. The average Bonchev–Trinajstić information content (AvgIpc) is 2.54. The molecule has 1 aromatic carbocycles. The Morgan fingerprint density at radius 2 is 2.13 bits per heavy atom. The molecule has 1 atom stereocenters. The molecule has 0 spiro atoms. The van der Waals surface area contributed by atoms with Crippen molar-refractivity contribution in [2.24, 2.45) is 5.73 Å². The fraction of sp³-hybridized carbons (Fsp3) is 0.294. The van der Waals surface area contributed by atoms with Gasteiger partial charge in [-0.05, 0) is 19.9 Å². The van der Waals surface area contributed by atoms with Crippen LogP contribution in [0.1, 0.15) is 25.3 Å². The number of nitriles is 1. The lowest BCUT2D eigenvalue weighted by atomic mass is 9.82. The van der Waals surface area contributed by atoms with Gasteiger partial charge in [-0.1, -0.05) is 18.2 Å². The van der Waals surface area contributed by atoms with E-state index in [1.807, 2.05) is 6.07 Å². The van der Waals surface area contributed by atoms with Crippen molar-refractivity contribution in [1.29, 1.82) is 5.26 Å². The highest BCUT2D eigenvalue weighted by Gasteiger charge is 2.37. The van der Waals surface area contributed by atoms with Crippen molar-refractivity contribution in [3.05, 3.63) is 52.6 Å². The lowest BCUT2D eigenvalue weighted by Crippen LogP contribution is -2.25. The summed E-state index contributed by atoms with van der Waals surface area (Å²) in [5.41, 5.74) is 6.90. The molecule has 23 heavy (non-hydrogen) atoms. The fourth-order valence-corrected chi connectivity index (χ4v) is 2.57. The Bertz CT molecular complexity index is 728. The van der Waals surface area contributed by atoms with Gasteiger partial charge < -0.3 is 19.9 Å². The van der Waals surface area contributed by atoms with Crippen molar-refractivity contribution in [2.45, 2.75) is 19.8 Å². The maximum atomic E-state index is 12.4. The van der Waals surface area contributed by atoms with Crippen LogP contribution >= 0.6 is 0 Å². The molecular weight excluding hydrogens is 296 g/mol. The number of para-hydroxylation sites is 1. The number of carbonyl (C=O) groups is 1. The zero-order chi connectivity index (χ0) is 17.0. The Morgan fingerprint density at radius 3 is 2.74 bits per heavy atom. The Kier molecular flexibility index (Phi) is 4.91. The van der Waals surface area contributed by atoms with Crippen molar-refractivity contribution in [3.8, 4) is 11.8 Å². The highest BCUT2D eigenvalue weighted by molar-refractivity contribution is 5.92. The van der Waals surface area contributed by atoms with Crippen LogP contribution in [-0.4, -0.2) is 19.7 Å². The molecular formula is C17H18N2O4. The van der Waals surface area contributed by atoms with Crippen LogP contribution in [0.15, 0.2) is 47.1 Å². The van der Waals surface area contributed by atoms with Gasteiger partial charge in [0.15, 0.2) is 0 Å². The van der Waals surface area contributed by atoms with Crippen LogP contribution in [-0.2, 0) is 14.3 Å². The molecule has 0 amide bonds. The Labute approximate surface area is 134 Å². The van der Waals surface area contributed by atoms with Gasteiger partial charge in [0.05, 0.1) is 25.2 Å². The highest BCUT2D eigenvalue weighted by atomic mass is 16.5. The summed E-state index contributed by atoms with van der Waals surface area (Å²) in [6.07, 6.45) is 0. The summed E-state index contributed by atoms with van der Waals surface area (Å²) in [5.74, 6) is -0.385. The molecule has 120 valence electrons. The van der Waals surface area contributed by atoms with E-state index in [1.54, 1.807) is 38.1 Å². The fourth-order valence-electron chi connectivity index (χ4n) is 2.57. The zero-order valence-electron chi connectivity index (χ0n) is 13.3. The summed E-state index contributed by atoms with van der Waals surface area (Å²) in [6, 6.07) is 9.18. The quantitative estimate of drug-likeness (QED) is 0.857. The van der Waals surface area contributed by atoms with Crippen LogP contribution in [0.3, 0.4) is 0 Å². The normalized spacial score (nSPS) is 17.4. The monoisotopic (exact) mass is 314 g/mol. The first-order valence-corrected chi connectivity index (χ1v) is 7.13. The summed E-state index contributed by atoms with van der Waals surface area (Å²) in [6.45, 7) is 3.55. The molecule has 0 saturated heterocycles. The number of hydrogen-bond acceptors (Lipinski definition) is 6. The highest BCUT2D eigenvalue weighted by Crippen LogP contribution is 2.42. The SMILES string of the molecule is CCOC(=O)C1=C(C)OC(N)=C(C#N)[C@H]1c1ccccc1OC. The number of methoxy groups -OCH3 is 1. The van der Waals surface area contributed by atoms with Crippen LogP contribution in [0.25, 0.3) is 0 Å². The average molecular weight is 314 g/mol. The third-order valence-corrected chi connectivity index (χ3v) is 3.55. The summed E-state index contributed by atoms with van der Waals surface area (Å²) < 4.78 is 15.8. The largest absolute Gasteiger partial charge is 0.496 e. The molecule has 2 N–H and O–H groups in total. The standard InChI is InChI=1S/C17H18N2O4/c1-4-22-17(20)14-10(2)23-16(19)12(9-18)15(14)11-7-5-6-8-13(11)21-3/h5-8,15H,4,19H2,1-3H3/t15-/m1/s1. The lowest BCUT2D eigenvalue weighted by molar-refractivity contribution is -0.139. The molecule has 0 unspecified atom stereocenters. The van der Waals surface area contributed by atoms with Crippen LogP contribution in [0.4, 0.5) is 0 Å². The minimum atomic E-state index is -0.691. The zero-order valence-corrected chi connectivity index (χ0v) is 13.3. The minimum absolute atomic E-state index is 0.0195. The second kappa shape index (κ2) is 6.88. The minimum Gasteiger partial charge on any atom is -0.496 e. The Morgan fingerprint density at radius 1 is 1.43 bits per heavy atom. The first-order chi connectivity index (χ1) is 11.0. The first-order valence-electron chi connectivity index (χ1n) is 7.13. The molecule has 0 saturated carbocycles. The molecule has 1 aliphatic heterocycles. The molecule has 1 heterocycles. The van der Waals surface area contributed by atoms with Gasteiger partial charge in [-0.3, -0.25) is 0 Å². The molecule has 0 bridgehead atoms. The van der Waals surface area contributed by atoms with Crippen LogP contribution in [0.2, 0.25) is 0 Å². The van der Waals surface area contributed by atoms with Crippen LogP contribution < -0.4 is 10.5 Å². The number of nitrogens with two attached hydrogens (primary N) is 1. The topological polar surface area (TPSA) is 94.6 Å². The van der Waals surface area contributed by atoms with Gasteiger partial charge in [0.25, 0.3) is 0 Å². The number of benzene rings is 1. The van der Waals surface area contributed by atoms with Gasteiger partial charge in [0, 0.05) is 5.56 Å². The summed E-state index contributed by atoms with van der Waals surface area (Å²) in [7, 11) is 1.53. The molecule has 6 heteroatoms. The Hall–Kier alpha value is -2.94. The van der Waals surface area contributed by atoms with Crippen molar-refractivity contribution in [3.63, 3.8) is 0 Å². The van der Waals surface area contributed by atoms with E-state index in [4.69, 9.17) is 19.9 Å². The van der Waals surface area contributed by atoms with Crippen molar-refractivity contribution >= 4 is 5.97 Å². The second-order valence-electron chi connectivity index (χ2n) is 4.86. The molecule has 6 nitrogen and oxygen atoms in total. The van der Waals surface area contributed by atoms with E-state index in [2.05, 4.69) is 0 Å². The van der Waals surface area contributed by atoms with Crippen molar-refractivity contribution in [1.82, 2.24) is 0 Å². The predicted octanol–water partition coefficient (Wildman–Crippen LogP) is 2.34. The molecule has 0 fully saturated rings. The second-order valence-corrected chi connectivity index (χ2v) is 4.86. The first kappa shape index (κ1) is 16.4. The smallest absolute Gasteiger partial charge is 0.338 e. The molecule has 1 aromatic rings. The van der Waals surface area contributed by atoms with Crippen LogP contribution in [0.5, 0.6) is 5.75 Å². The number of allylic oxidation sites excluding steroid dienone is 2. The molecule has 2 rings (SSSR count). The number of nitrogens with zero attached hydrogens (tertiary/aromatic N) is 1. The van der Waals surface area contributed by atoms with E-state index in [9.17, 15) is 10.1 Å². The van der Waals surface area contributed by atoms with Gasteiger partial charge >= 0.3 is 5.97 Å². The maximum absolute atomic E-state index is 12.4. The van der Waals surface area contributed by atoms with E-state index in [0.29, 0.717) is 17.1 Å². The third kappa shape index (κ3) is 2.99. The van der Waals surface area contributed by atoms with Gasteiger partial charge in [-0.25, -0.2) is 4.79 Å². The van der Waals surface area contributed by atoms with E-state index >= 15 is 0 Å². The third-order valence-electron chi connectivity index (χ3n) is 3.55. The van der Waals surface area contributed by atoms with Gasteiger partial charge in [-0.2, -0.15) is 5.26 Å². The van der Waals surface area contributed by atoms with Gasteiger partial charge in [0.1, 0.15) is 23.2 Å². The number of carbonyl (C=O) groups excluding carboxylic acids is 1. The van der Waals surface area contributed by atoms with Crippen molar-refractivity contribution in [2.75, 3.05) is 13.7 Å². The van der Waals surface area contributed by atoms with E-state index in [0.717, 1.165) is 0 Å². The van der Waals surface area contributed by atoms with E-state index < -0.39 is 11.9 Å². The Balaban J connectivity index is 2.67. The van der Waals surface area contributed by atoms with E-state index in [1.165, 1.54) is 7.11 Å². The number of rotatable bonds is 4. The van der Waals surface area contributed by atoms with Crippen LogP contribution in [0, 0.1) is 11.3 Å². The van der Waals surface area contributed by atoms with Gasteiger partial charge in [-0.15, -0.1) is 0 Å². The molecule has 0 radical (unpaired) electrons. The molecule has 1 aliphatic rings. The number of hydrogen-bond donors (Lipinski definition) is 1. The lowest BCUT2D eigenvalue weighted by Gasteiger charge is -2.27. The summed E-state index contributed by atoms with van der Waals surface area (Å²) >= 11 is 0. The molecule has 0 aromatic heterocycles. The summed E-state index contributed by atoms with van der Waals surface area (Å²) in [5, 5.41) is 9.49. The maximum Gasteiger partial charge on any atom is 0.338 e. The van der Waals surface area contributed by atoms with Gasteiger partial charge in [0.2, 0.25) is 5.88 Å². The summed E-state index contributed by atoms with van der Waals surface area (Å²) in [4.78, 5) is 12.4. The van der Waals surface area contributed by atoms with E-state index in [-0.39, 0.29) is 23.6 Å². The number of ether oxygens (including phenoxy) is 3. The molecule has 0 aliphatic carbocycles. The van der Waals surface area contributed by atoms with Crippen molar-refractivity contribution < 1.29 is 19.0 Å².